The molecule has 1 saturated carbocycles. The zero-order valence-corrected chi connectivity index (χ0v) is 11.1. The van der Waals surface area contributed by atoms with E-state index in [0.29, 0.717) is 11.7 Å². The minimum absolute atomic E-state index is 0.349. The molecule has 0 aliphatic heterocycles. The molecule has 0 amide bonds. The fourth-order valence-corrected chi connectivity index (χ4v) is 2.32. The molecule has 1 heterocycles. The van der Waals surface area contributed by atoms with Crippen LogP contribution in [0.3, 0.4) is 0 Å². The Kier molecular flexibility index (Phi) is 2.78. The summed E-state index contributed by atoms with van der Waals surface area (Å²) >= 11 is 0. The second-order valence-electron chi connectivity index (χ2n) is 5.05. The van der Waals surface area contributed by atoms with E-state index in [0.717, 1.165) is 36.1 Å². The maximum Gasteiger partial charge on any atom is 0.258 e. The molecule has 1 aliphatic rings. The lowest BCUT2D eigenvalue weighted by atomic mass is 9.79. The molecule has 2 N–H and O–H groups in total. The summed E-state index contributed by atoms with van der Waals surface area (Å²) in [6.07, 6.45) is 3.02. The van der Waals surface area contributed by atoms with Crippen LogP contribution in [-0.4, -0.2) is 17.3 Å². The Morgan fingerprint density at radius 3 is 2.74 bits per heavy atom. The summed E-state index contributed by atoms with van der Waals surface area (Å²) in [7, 11) is 1.69. The van der Waals surface area contributed by atoms with Crippen molar-refractivity contribution in [3.63, 3.8) is 0 Å². The van der Waals surface area contributed by atoms with Crippen molar-refractivity contribution in [1.82, 2.24) is 10.1 Å². The summed E-state index contributed by atoms with van der Waals surface area (Å²) < 4.78 is 10.9. The van der Waals surface area contributed by atoms with Gasteiger partial charge in [-0.25, -0.2) is 0 Å². The van der Waals surface area contributed by atoms with E-state index in [1.54, 1.807) is 7.11 Å². The SMILES string of the molecule is COC1(c2noc(-c3ccc(C)c(N)c3)n2)CCC1. The van der Waals surface area contributed by atoms with Gasteiger partial charge in [-0.2, -0.15) is 4.98 Å². The lowest BCUT2D eigenvalue weighted by Crippen LogP contribution is -2.37. The molecule has 5 heteroatoms. The van der Waals surface area contributed by atoms with Crippen LogP contribution in [-0.2, 0) is 10.3 Å². The molecule has 0 spiro atoms. The molecule has 0 bridgehead atoms. The fraction of sp³-hybridized carbons (Fsp3) is 0.429. The second kappa shape index (κ2) is 4.35. The first-order valence-corrected chi connectivity index (χ1v) is 6.40. The Balaban J connectivity index is 1.94. The van der Waals surface area contributed by atoms with Crippen molar-refractivity contribution in [2.45, 2.75) is 31.8 Å². The summed E-state index contributed by atoms with van der Waals surface area (Å²) in [5.41, 5.74) is 8.15. The molecule has 0 atom stereocenters. The standard InChI is InChI=1S/C14H17N3O2/c1-9-4-5-10(8-11(9)15)12-16-13(17-19-12)14(18-2)6-3-7-14/h4-5,8H,3,6-7,15H2,1-2H3. The lowest BCUT2D eigenvalue weighted by Gasteiger charge is -2.37. The molecule has 1 aromatic heterocycles. The lowest BCUT2D eigenvalue weighted by molar-refractivity contribution is -0.0858. The summed E-state index contributed by atoms with van der Waals surface area (Å²) in [5.74, 6) is 1.13. The first-order valence-electron chi connectivity index (χ1n) is 6.40. The molecule has 0 unspecified atom stereocenters. The summed E-state index contributed by atoms with van der Waals surface area (Å²) in [6, 6.07) is 5.74. The van der Waals surface area contributed by atoms with Gasteiger partial charge >= 0.3 is 0 Å². The maximum atomic E-state index is 5.90. The van der Waals surface area contributed by atoms with E-state index >= 15 is 0 Å². The monoisotopic (exact) mass is 259 g/mol. The minimum Gasteiger partial charge on any atom is -0.398 e. The van der Waals surface area contributed by atoms with Gasteiger partial charge in [-0.1, -0.05) is 11.2 Å². The van der Waals surface area contributed by atoms with Gasteiger partial charge in [0.25, 0.3) is 5.89 Å². The number of hydrogen-bond acceptors (Lipinski definition) is 5. The highest BCUT2D eigenvalue weighted by Gasteiger charge is 2.43. The first-order chi connectivity index (χ1) is 9.14. The summed E-state index contributed by atoms with van der Waals surface area (Å²) in [5, 5.41) is 4.06. The van der Waals surface area contributed by atoms with Gasteiger partial charge in [0.1, 0.15) is 5.60 Å². The van der Waals surface area contributed by atoms with Crippen molar-refractivity contribution in [2.24, 2.45) is 0 Å². The van der Waals surface area contributed by atoms with Gasteiger partial charge in [0.15, 0.2) is 0 Å². The molecule has 0 radical (unpaired) electrons. The molecule has 1 aromatic carbocycles. The maximum absolute atomic E-state index is 5.90. The molecule has 1 fully saturated rings. The molecule has 3 rings (SSSR count). The fourth-order valence-electron chi connectivity index (χ4n) is 2.32. The Morgan fingerprint density at radius 2 is 2.16 bits per heavy atom. The smallest absolute Gasteiger partial charge is 0.258 e. The van der Waals surface area contributed by atoms with Crippen LogP contribution >= 0.6 is 0 Å². The predicted molar refractivity (Wildman–Crippen MR) is 71.4 cm³/mol. The minimum atomic E-state index is -0.349. The van der Waals surface area contributed by atoms with E-state index < -0.39 is 0 Å². The molecule has 100 valence electrons. The molecule has 2 aromatic rings. The van der Waals surface area contributed by atoms with E-state index in [4.69, 9.17) is 15.0 Å². The van der Waals surface area contributed by atoms with Crippen molar-refractivity contribution in [1.29, 1.82) is 0 Å². The first kappa shape index (κ1) is 12.2. The Bertz CT molecular complexity index is 597. The normalized spacial score (nSPS) is 17.2. The number of ether oxygens (including phenoxy) is 1. The van der Waals surface area contributed by atoms with Crippen molar-refractivity contribution in [3.8, 4) is 11.5 Å². The highest BCUT2D eigenvalue weighted by atomic mass is 16.5. The predicted octanol–water partition coefficient (Wildman–Crippen LogP) is 2.65. The van der Waals surface area contributed by atoms with E-state index in [2.05, 4.69) is 10.1 Å². The zero-order valence-electron chi connectivity index (χ0n) is 11.1. The largest absolute Gasteiger partial charge is 0.398 e. The van der Waals surface area contributed by atoms with Crippen molar-refractivity contribution in [3.05, 3.63) is 29.6 Å². The number of benzene rings is 1. The van der Waals surface area contributed by atoms with Crippen LogP contribution in [0.2, 0.25) is 0 Å². The second-order valence-corrected chi connectivity index (χ2v) is 5.05. The molecule has 19 heavy (non-hydrogen) atoms. The van der Waals surface area contributed by atoms with Crippen molar-refractivity contribution < 1.29 is 9.26 Å². The van der Waals surface area contributed by atoms with Crippen LogP contribution in [0.1, 0.15) is 30.7 Å². The Labute approximate surface area is 111 Å². The molecule has 5 nitrogen and oxygen atoms in total. The highest BCUT2D eigenvalue weighted by Crippen LogP contribution is 2.43. The van der Waals surface area contributed by atoms with Crippen molar-refractivity contribution in [2.75, 3.05) is 12.8 Å². The summed E-state index contributed by atoms with van der Waals surface area (Å²) in [6.45, 7) is 1.96. The topological polar surface area (TPSA) is 74.2 Å². The quantitative estimate of drug-likeness (QED) is 0.858. The number of rotatable bonds is 3. The number of anilines is 1. The Morgan fingerprint density at radius 1 is 1.37 bits per heavy atom. The van der Waals surface area contributed by atoms with Gasteiger partial charge in [0.05, 0.1) is 0 Å². The van der Waals surface area contributed by atoms with Gasteiger partial charge in [-0.15, -0.1) is 0 Å². The van der Waals surface area contributed by atoms with Crippen LogP contribution in [0.4, 0.5) is 5.69 Å². The van der Waals surface area contributed by atoms with Gasteiger partial charge in [0, 0.05) is 18.4 Å². The average Bonchev–Trinajstić information content (AvgIpc) is 2.82. The average molecular weight is 259 g/mol. The Hall–Kier alpha value is -1.88. The van der Waals surface area contributed by atoms with Crippen LogP contribution < -0.4 is 5.73 Å². The molecule has 1 aliphatic carbocycles. The van der Waals surface area contributed by atoms with Crippen LogP contribution in [0.15, 0.2) is 22.7 Å². The van der Waals surface area contributed by atoms with Crippen LogP contribution in [0.5, 0.6) is 0 Å². The number of methoxy groups -OCH3 is 1. The third-order valence-corrected chi connectivity index (χ3v) is 3.91. The van der Waals surface area contributed by atoms with E-state index in [9.17, 15) is 0 Å². The third-order valence-electron chi connectivity index (χ3n) is 3.91. The number of aromatic nitrogens is 2. The zero-order chi connectivity index (χ0) is 13.5. The molecular formula is C14H17N3O2. The molecule has 0 saturated heterocycles. The van der Waals surface area contributed by atoms with Gasteiger partial charge in [0.2, 0.25) is 5.82 Å². The highest BCUT2D eigenvalue weighted by molar-refractivity contribution is 5.62. The number of nitrogens with zero attached hydrogens (tertiary/aromatic N) is 2. The van der Waals surface area contributed by atoms with Gasteiger partial charge in [-0.3, -0.25) is 0 Å². The van der Waals surface area contributed by atoms with E-state index in [1.807, 2.05) is 25.1 Å². The number of nitrogens with two attached hydrogens (primary N) is 1. The van der Waals surface area contributed by atoms with Crippen molar-refractivity contribution >= 4 is 5.69 Å². The van der Waals surface area contributed by atoms with Crippen LogP contribution in [0.25, 0.3) is 11.5 Å². The third kappa shape index (κ3) is 1.90. The number of aryl methyl sites for hydroxylation is 1. The molecular weight excluding hydrogens is 242 g/mol. The summed E-state index contributed by atoms with van der Waals surface area (Å²) in [4.78, 5) is 4.46. The number of hydrogen-bond donors (Lipinski definition) is 1. The van der Waals surface area contributed by atoms with Gasteiger partial charge in [-0.05, 0) is 43.9 Å². The number of nitrogen functional groups attached to an aromatic ring is 1. The van der Waals surface area contributed by atoms with E-state index in [-0.39, 0.29) is 5.60 Å². The van der Waals surface area contributed by atoms with Gasteiger partial charge < -0.3 is 15.0 Å². The van der Waals surface area contributed by atoms with E-state index in [1.165, 1.54) is 0 Å². The van der Waals surface area contributed by atoms with Crippen LogP contribution in [0, 0.1) is 6.92 Å².